The number of benzene rings is 2. The molecule has 2 aromatic carbocycles. The molecule has 6 heteroatoms. The summed E-state index contributed by atoms with van der Waals surface area (Å²) in [5, 5.41) is 3.35. The average Bonchev–Trinajstić information content (AvgIpc) is 2.70. The molecule has 0 aliphatic carbocycles. The van der Waals surface area contributed by atoms with E-state index in [1.54, 1.807) is 30.3 Å². The van der Waals surface area contributed by atoms with Crippen LogP contribution >= 0.6 is 15.9 Å². The van der Waals surface area contributed by atoms with Crippen molar-refractivity contribution in [2.24, 2.45) is 0 Å². The number of sulfonamides is 1. The first-order chi connectivity index (χ1) is 10.6. The lowest BCUT2D eigenvalue weighted by atomic mass is 10.0. The molecular weight excluding hydrogens is 364 g/mol. The molecule has 2 N–H and O–H groups in total. The van der Waals surface area contributed by atoms with E-state index in [2.05, 4.69) is 26.0 Å². The Kier molecular flexibility index (Phi) is 4.52. The molecule has 3 rings (SSSR count). The summed E-state index contributed by atoms with van der Waals surface area (Å²) in [7, 11) is -3.55. The Morgan fingerprint density at radius 1 is 1.14 bits per heavy atom. The van der Waals surface area contributed by atoms with E-state index in [1.807, 2.05) is 18.2 Å². The topological polar surface area (TPSA) is 58.2 Å². The van der Waals surface area contributed by atoms with Crippen LogP contribution in [0.2, 0.25) is 0 Å². The van der Waals surface area contributed by atoms with Crippen LogP contribution in [0, 0.1) is 0 Å². The van der Waals surface area contributed by atoms with Crippen molar-refractivity contribution in [3.8, 4) is 0 Å². The standard InChI is InChI=1S/C16H17BrN2O2S/c17-16-11-18-9-8-12-6-7-13(10-15(12)16)19-22(20,21)14-4-2-1-3-5-14/h1-7,10,16,18-19H,8-9,11H2. The van der Waals surface area contributed by atoms with E-state index < -0.39 is 10.0 Å². The molecule has 116 valence electrons. The van der Waals surface area contributed by atoms with Crippen molar-refractivity contribution in [1.82, 2.24) is 5.32 Å². The van der Waals surface area contributed by atoms with E-state index in [1.165, 1.54) is 5.56 Å². The Hall–Kier alpha value is -1.37. The Morgan fingerprint density at radius 3 is 2.68 bits per heavy atom. The highest BCUT2D eigenvalue weighted by molar-refractivity contribution is 9.09. The number of rotatable bonds is 3. The molecule has 1 unspecified atom stereocenters. The number of alkyl halides is 1. The van der Waals surface area contributed by atoms with Crippen molar-refractivity contribution in [3.63, 3.8) is 0 Å². The van der Waals surface area contributed by atoms with Gasteiger partial charge < -0.3 is 5.32 Å². The van der Waals surface area contributed by atoms with Crippen LogP contribution in [0.1, 0.15) is 16.0 Å². The quantitative estimate of drug-likeness (QED) is 0.804. The van der Waals surface area contributed by atoms with Crippen molar-refractivity contribution in [1.29, 1.82) is 0 Å². The third-order valence-electron chi connectivity index (χ3n) is 3.68. The lowest BCUT2D eigenvalue weighted by molar-refractivity contribution is 0.601. The van der Waals surface area contributed by atoms with Gasteiger partial charge >= 0.3 is 0 Å². The van der Waals surface area contributed by atoms with Crippen LogP contribution in [0.15, 0.2) is 53.4 Å². The molecule has 0 amide bonds. The number of nitrogens with one attached hydrogen (secondary N) is 2. The second-order valence-electron chi connectivity index (χ2n) is 5.25. The fourth-order valence-corrected chi connectivity index (χ4v) is 4.28. The molecule has 0 radical (unpaired) electrons. The van der Waals surface area contributed by atoms with Crippen molar-refractivity contribution >= 4 is 31.6 Å². The monoisotopic (exact) mass is 380 g/mol. The fourth-order valence-electron chi connectivity index (χ4n) is 2.55. The van der Waals surface area contributed by atoms with Gasteiger partial charge in [0.05, 0.1) is 9.72 Å². The van der Waals surface area contributed by atoms with Gasteiger partial charge in [0.25, 0.3) is 10.0 Å². The zero-order valence-electron chi connectivity index (χ0n) is 11.9. The first-order valence-electron chi connectivity index (χ1n) is 7.12. The summed E-state index contributed by atoms with van der Waals surface area (Å²) >= 11 is 3.66. The first-order valence-corrected chi connectivity index (χ1v) is 9.51. The maximum atomic E-state index is 12.4. The molecule has 0 bridgehead atoms. The molecule has 4 nitrogen and oxygen atoms in total. The third-order valence-corrected chi connectivity index (χ3v) is 5.90. The Bertz CT molecular complexity index is 763. The minimum absolute atomic E-state index is 0.186. The zero-order valence-corrected chi connectivity index (χ0v) is 14.3. The largest absolute Gasteiger partial charge is 0.315 e. The van der Waals surface area contributed by atoms with E-state index in [-0.39, 0.29) is 9.72 Å². The molecule has 0 saturated carbocycles. The number of hydrogen-bond acceptors (Lipinski definition) is 3. The van der Waals surface area contributed by atoms with E-state index in [4.69, 9.17) is 0 Å². The van der Waals surface area contributed by atoms with Gasteiger partial charge in [-0.15, -0.1) is 0 Å². The summed E-state index contributed by atoms with van der Waals surface area (Å²) in [6.07, 6.45) is 0.948. The van der Waals surface area contributed by atoms with Crippen LogP contribution in [0.25, 0.3) is 0 Å². The molecule has 2 aromatic rings. The SMILES string of the molecule is O=S(=O)(Nc1ccc2c(c1)C(Br)CNCC2)c1ccccc1. The minimum Gasteiger partial charge on any atom is -0.315 e. The highest BCUT2D eigenvalue weighted by Gasteiger charge is 2.18. The number of halogens is 1. The van der Waals surface area contributed by atoms with Crippen LogP contribution in [0.3, 0.4) is 0 Å². The Labute approximate surface area is 139 Å². The highest BCUT2D eigenvalue weighted by Crippen LogP contribution is 2.30. The summed E-state index contributed by atoms with van der Waals surface area (Å²) in [6, 6.07) is 14.1. The predicted molar refractivity (Wildman–Crippen MR) is 91.9 cm³/mol. The second-order valence-corrected chi connectivity index (χ2v) is 8.04. The molecular formula is C16H17BrN2O2S. The van der Waals surface area contributed by atoms with Gasteiger partial charge in [-0.3, -0.25) is 4.72 Å². The highest BCUT2D eigenvalue weighted by atomic mass is 79.9. The molecule has 1 atom stereocenters. The molecule has 1 aliphatic heterocycles. The first kappa shape index (κ1) is 15.5. The summed E-state index contributed by atoms with van der Waals surface area (Å²) in [6.45, 7) is 1.77. The van der Waals surface area contributed by atoms with Gasteiger partial charge in [-0.05, 0) is 48.4 Å². The van der Waals surface area contributed by atoms with Crippen LogP contribution < -0.4 is 10.0 Å². The molecule has 1 heterocycles. The summed E-state index contributed by atoms with van der Waals surface area (Å²) in [5.41, 5.74) is 2.97. The number of anilines is 1. The van der Waals surface area contributed by atoms with Gasteiger partial charge in [-0.1, -0.05) is 40.2 Å². The van der Waals surface area contributed by atoms with Gasteiger partial charge in [0.1, 0.15) is 0 Å². The van der Waals surface area contributed by atoms with Gasteiger partial charge in [0, 0.05) is 12.2 Å². The van der Waals surface area contributed by atoms with Crippen LogP contribution in [0.5, 0.6) is 0 Å². The van der Waals surface area contributed by atoms with Gasteiger partial charge in [0.15, 0.2) is 0 Å². The van der Waals surface area contributed by atoms with Crippen molar-refractivity contribution in [2.75, 3.05) is 17.8 Å². The Morgan fingerprint density at radius 2 is 1.91 bits per heavy atom. The van der Waals surface area contributed by atoms with Crippen LogP contribution in [-0.2, 0) is 16.4 Å². The normalized spacial score (nSPS) is 18.3. The maximum Gasteiger partial charge on any atom is 0.261 e. The molecule has 0 spiro atoms. The molecule has 0 fully saturated rings. The predicted octanol–water partition coefficient (Wildman–Crippen LogP) is 3.07. The van der Waals surface area contributed by atoms with E-state index in [9.17, 15) is 8.42 Å². The fraction of sp³-hybridized carbons (Fsp3) is 0.250. The summed E-state index contributed by atoms with van der Waals surface area (Å²) < 4.78 is 27.4. The molecule has 0 saturated heterocycles. The average molecular weight is 381 g/mol. The lowest BCUT2D eigenvalue weighted by Gasteiger charge is -2.14. The van der Waals surface area contributed by atoms with E-state index >= 15 is 0 Å². The minimum atomic E-state index is -3.55. The Balaban J connectivity index is 1.91. The molecule has 0 aromatic heterocycles. The van der Waals surface area contributed by atoms with Gasteiger partial charge in [-0.25, -0.2) is 8.42 Å². The smallest absolute Gasteiger partial charge is 0.261 e. The van der Waals surface area contributed by atoms with Crippen molar-refractivity contribution in [2.45, 2.75) is 16.1 Å². The van der Waals surface area contributed by atoms with Gasteiger partial charge in [-0.2, -0.15) is 0 Å². The number of fused-ring (bicyclic) bond motifs is 1. The number of hydrogen-bond donors (Lipinski definition) is 2. The van der Waals surface area contributed by atoms with Crippen LogP contribution in [0.4, 0.5) is 5.69 Å². The van der Waals surface area contributed by atoms with E-state index in [0.29, 0.717) is 5.69 Å². The van der Waals surface area contributed by atoms with Crippen molar-refractivity contribution < 1.29 is 8.42 Å². The van der Waals surface area contributed by atoms with Crippen molar-refractivity contribution in [3.05, 3.63) is 59.7 Å². The maximum absolute atomic E-state index is 12.4. The van der Waals surface area contributed by atoms with E-state index in [0.717, 1.165) is 25.1 Å². The van der Waals surface area contributed by atoms with Crippen LogP contribution in [-0.4, -0.2) is 21.5 Å². The summed E-state index contributed by atoms with van der Waals surface area (Å²) in [4.78, 5) is 0.452. The second kappa shape index (κ2) is 6.40. The molecule has 22 heavy (non-hydrogen) atoms. The third kappa shape index (κ3) is 3.34. The molecule has 1 aliphatic rings. The lowest BCUT2D eigenvalue weighted by Crippen LogP contribution is -2.17. The summed E-state index contributed by atoms with van der Waals surface area (Å²) in [5.74, 6) is 0. The van der Waals surface area contributed by atoms with Gasteiger partial charge in [0.2, 0.25) is 0 Å². The zero-order chi connectivity index (χ0) is 15.6.